The molecule has 0 spiro atoms. The first kappa shape index (κ1) is 19.7. The number of nitrogens with zero attached hydrogens (tertiary/aromatic N) is 1. The lowest BCUT2D eigenvalue weighted by molar-refractivity contribution is -0.122. The first-order valence-electron chi connectivity index (χ1n) is 9.25. The quantitative estimate of drug-likeness (QED) is 0.858. The van der Waals surface area contributed by atoms with Gasteiger partial charge < -0.3 is 19.7 Å². The number of hydrogen-bond donors (Lipinski definition) is 1. The molecule has 1 N–H and O–H groups in total. The van der Waals surface area contributed by atoms with Crippen molar-refractivity contribution in [3.05, 3.63) is 47.0 Å². The van der Waals surface area contributed by atoms with Crippen LogP contribution in [0, 0.1) is 26.7 Å². The number of carbonyl (C=O) groups excluding carboxylic acids is 2. The number of ether oxygens (including phenoxy) is 2. The second kappa shape index (κ2) is 7.92. The summed E-state index contributed by atoms with van der Waals surface area (Å²) < 4.78 is 10.5. The summed E-state index contributed by atoms with van der Waals surface area (Å²) in [6.07, 6.45) is 0.192. The molecule has 1 saturated heterocycles. The fourth-order valence-corrected chi connectivity index (χ4v) is 3.83. The molecule has 0 radical (unpaired) electrons. The first-order chi connectivity index (χ1) is 13.3. The van der Waals surface area contributed by atoms with Crippen LogP contribution in [0.5, 0.6) is 11.5 Å². The van der Waals surface area contributed by atoms with E-state index in [2.05, 4.69) is 17.4 Å². The van der Waals surface area contributed by atoms with E-state index < -0.39 is 5.92 Å². The molecule has 2 aromatic rings. The lowest BCUT2D eigenvalue weighted by Gasteiger charge is -2.22. The maximum Gasteiger partial charge on any atom is 0.229 e. The highest BCUT2D eigenvalue weighted by molar-refractivity contribution is 6.04. The molecule has 0 aliphatic carbocycles. The summed E-state index contributed by atoms with van der Waals surface area (Å²) in [5, 5.41) is 2.89. The molecule has 0 bridgehead atoms. The van der Waals surface area contributed by atoms with Crippen molar-refractivity contribution in [2.24, 2.45) is 5.92 Å². The van der Waals surface area contributed by atoms with Crippen molar-refractivity contribution in [2.45, 2.75) is 27.2 Å². The smallest absolute Gasteiger partial charge is 0.229 e. The molecule has 148 valence electrons. The van der Waals surface area contributed by atoms with Gasteiger partial charge >= 0.3 is 0 Å². The number of anilines is 2. The Morgan fingerprint density at radius 2 is 1.75 bits per heavy atom. The van der Waals surface area contributed by atoms with Crippen LogP contribution in [-0.4, -0.2) is 32.6 Å². The van der Waals surface area contributed by atoms with Gasteiger partial charge in [-0.2, -0.15) is 0 Å². The third kappa shape index (κ3) is 3.81. The van der Waals surface area contributed by atoms with E-state index in [-0.39, 0.29) is 18.2 Å². The van der Waals surface area contributed by atoms with Gasteiger partial charge in [0.1, 0.15) is 11.5 Å². The van der Waals surface area contributed by atoms with Crippen LogP contribution < -0.4 is 19.7 Å². The number of methoxy groups -OCH3 is 2. The summed E-state index contributed by atoms with van der Waals surface area (Å²) in [6.45, 7) is 6.40. The predicted molar refractivity (Wildman–Crippen MR) is 109 cm³/mol. The monoisotopic (exact) mass is 382 g/mol. The highest BCUT2D eigenvalue weighted by Gasteiger charge is 2.36. The van der Waals surface area contributed by atoms with Crippen LogP contribution in [0.15, 0.2) is 30.3 Å². The number of carbonyl (C=O) groups is 2. The Bertz CT molecular complexity index is 900. The van der Waals surface area contributed by atoms with Crippen molar-refractivity contribution < 1.29 is 19.1 Å². The van der Waals surface area contributed by atoms with E-state index in [0.29, 0.717) is 23.7 Å². The van der Waals surface area contributed by atoms with E-state index in [1.807, 2.05) is 20.8 Å². The Balaban J connectivity index is 1.78. The molecule has 1 aliphatic heterocycles. The average molecular weight is 382 g/mol. The van der Waals surface area contributed by atoms with E-state index in [1.165, 1.54) is 7.11 Å². The van der Waals surface area contributed by atoms with Gasteiger partial charge in [0.15, 0.2) is 0 Å². The van der Waals surface area contributed by atoms with Gasteiger partial charge in [0.25, 0.3) is 0 Å². The lowest BCUT2D eigenvalue weighted by Crippen LogP contribution is -2.29. The Morgan fingerprint density at radius 1 is 1.07 bits per heavy atom. The maximum atomic E-state index is 12.8. The summed E-state index contributed by atoms with van der Waals surface area (Å²) >= 11 is 0. The normalized spacial score (nSPS) is 16.2. The second-order valence-electron chi connectivity index (χ2n) is 7.21. The van der Waals surface area contributed by atoms with Crippen LogP contribution in [0.1, 0.15) is 23.1 Å². The zero-order valence-corrected chi connectivity index (χ0v) is 17.0. The molecule has 3 rings (SSSR count). The molecule has 6 heteroatoms. The maximum absolute atomic E-state index is 12.8. The molecule has 1 atom stereocenters. The number of amides is 2. The van der Waals surface area contributed by atoms with Crippen molar-refractivity contribution in [3.63, 3.8) is 0 Å². The molecular weight excluding hydrogens is 356 g/mol. The van der Waals surface area contributed by atoms with Crippen molar-refractivity contribution in [1.29, 1.82) is 0 Å². The Labute approximate surface area is 165 Å². The lowest BCUT2D eigenvalue weighted by atomic mass is 10.0. The predicted octanol–water partition coefficient (Wildman–Crippen LogP) is 3.62. The number of aryl methyl sites for hydroxylation is 3. The first-order valence-corrected chi connectivity index (χ1v) is 9.25. The van der Waals surface area contributed by atoms with Gasteiger partial charge in [0.05, 0.1) is 25.8 Å². The molecule has 28 heavy (non-hydrogen) atoms. The van der Waals surface area contributed by atoms with Crippen molar-refractivity contribution in [2.75, 3.05) is 31.0 Å². The molecule has 1 aliphatic rings. The highest BCUT2D eigenvalue weighted by Crippen LogP contribution is 2.33. The minimum absolute atomic E-state index is 0.0306. The molecule has 2 amide bonds. The largest absolute Gasteiger partial charge is 0.497 e. The Morgan fingerprint density at radius 3 is 2.36 bits per heavy atom. The van der Waals surface area contributed by atoms with Crippen molar-refractivity contribution in [1.82, 2.24) is 0 Å². The third-order valence-electron chi connectivity index (χ3n) is 5.07. The number of benzene rings is 2. The fraction of sp³-hybridized carbons (Fsp3) is 0.364. The standard InChI is InChI=1S/C22H26N2O4/c1-13-8-14(2)21(15(3)9-13)24-12-16(10-20(24)25)22(26)23-18-7-6-17(27-4)11-19(18)28-5/h6-9,11,16H,10,12H2,1-5H3,(H,23,26). The van der Waals surface area contributed by atoms with Gasteiger partial charge in [-0.3, -0.25) is 9.59 Å². The molecule has 1 fully saturated rings. The Hall–Kier alpha value is -3.02. The van der Waals surface area contributed by atoms with Crippen LogP contribution in [0.3, 0.4) is 0 Å². The summed E-state index contributed by atoms with van der Waals surface area (Å²) in [5.41, 5.74) is 4.72. The van der Waals surface area contributed by atoms with Crippen LogP contribution in [-0.2, 0) is 9.59 Å². The van der Waals surface area contributed by atoms with Gasteiger partial charge in [-0.25, -0.2) is 0 Å². The van der Waals surface area contributed by atoms with Gasteiger partial charge in [-0.05, 0) is 44.0 Å². The summed E-state index contributed by atoms with van der Waals surface area (Å²) in [4.78, 5) is 27.2. The summed E-state index contributed by atoms with van der Waals surface area (Å²) in [7, 11) is 3.11. The van der Waals surface area contributed by atoms with Gasteiger partial charge in [0.2, 0.25) is 11.8 Å². The van der Waals surface area contributed by atoms with E-state index in [0.717, 1.165) is 22.4 Å². The zero-order chi connectivity index (χ0) is 20.4. The van der Waals surface area contributed by atoms with Crippen molar-refractivity contribution >= 4 is 23.2 Å². The molecule has 6 nitrogen and oxygen atoms in total. The number of hydrogen-bond acceptors (Lipinski definition) is 4. The van der Waals surface area contributed by atoms with Crippen LogP contribution in [0.4, 0.5) is 11.4 Å². The number of nitrogens with one attached hydrogen (secondary N) is 1. The van der Waals surface area contributed by atoms with Gasteiger partial charge in [-0.15, -0.1) is 0 Å². The van der Waals surface area contributed by atoms with Crippen LogP contribution >= 0.6 is 0 Å². The SMILES string of the molecule is COc1ccc(NC(=O)C2CC(=O)N(c3c(C)cc(C)cc3C)C2)c(OC)c1. The fourth-order valence-electron chi connectivity index (χ4n) is 3.83. The minimum atomic E-state index is -0.417. The zero-order valence-electron chi connectivity index (χ0n) is 17.0. The van der Waals surface area contributed by atoms with E-state index >= 15 is 0 Å². The van der Waals surface area contributed by atoms with Crippen LogP contribution in [0.25, 0.3) is 0 Å². The topological polar surface area (TPSA) is 67.9 Å². The molecule has 1 heterocycles. The van der Waals surface area contributed by atoms with E-state index in [9.17, 15) is 9.59 Å². The minimum Gasteiger partial charge on any atom is -0.497 e. The molecule has 2 aromatic carbocycles. The van der Waals surface area contributed by atoms with Gasteiger partial charge in [0, 0.05) is 24.7 Å². The highest BCUT2D eigenvalue weighted by atomic mass is 16.5. The van der Waals surface area contributed by atoms with E-state index in [4.69, 9.17) is 9.47 Å². The third-order valence-corrected chi connectivity index (χ3v) is 5.07. The average Bonchev–Trinajstić information content (AvgIpc) is 3.03. The molecule has 0 aromatic heterocycles. The van der Waals surface area contributed by atoms with E-state index in [1.54, 1.807) is 30.2 Å². The molecular formula is C22H26N2O4. The second-order valence-corrected chi connectivity index (χ2v) is 7.21. The summed E-state index contributed by atoms with van der Waals surface area (Å²) in [6, 6.07) is 9.32. The molecule has 1 unspecified atom stereocenters. The van der Waals surface area contributed by atoms with Gasteiger partial charge in [-0.1, -0.05) is 17.7 Å². The van der Waals surface area contributed by atoms with Crippen LogP contribution in [0.2, 0.25) is 0 Å². The molecule has 0 saturated carbocycles. The number of rotatable bonds is 5. The Kier molecular flexibility index (Phi) is 5.58. The van der Waals surface area contributed by atoms with Crippen molar-refractivity contribution in [3.8, 4) is 11.5 Å². The summed E-state index contributed by atoms with van der Waals surface area (Å²) in [5.74, 6) is 0.513.